The van der Waals surface area contributed by atoms with Gasteiger partial charge in [0.05, 0.1) is 5.57 Å². The van der Waals surface area contributed by atoms with E-state index in [0.717, 1.165) is 21.9 Å². The quantitative estimate of drug-likeness (QED) is 0.470. The van der Waals surface area contributed by atoms with Gasteiger partial charge in [-0.05, 0) is 36.6 Å². The molecule has 25 heavy (non-hydrogen) atoms. The molecule has 132 valence electrons. The van der Waals surface area contributed by atoms with Gasteiger partial charge in [0.2, 0.25) is 11.1 Å². The van der Waals surface area contributed by atoms with Gasteiger partial charge in [-0.15, -0.1) is 16.4 Å². The molecule has 1 aliphatic rings. The first-order chi connectivity index (χ1) is 12.1. The van der Waals surface area contributed by atoms with Crippen molar-refractivity contribution in [3.05, 3.63) is 45.8 Å². The van der Waals surface area contributed by atoms with Crippen LogP contribution < -0.4 is 5.32 Å². The van der Waals surface area contributed by atoms with Gasteiger partial charge in [-0.3, -0.25) is 0 Å². The number of ether oxygens (including phenoxy) is 1. The highest BCUT2D eigenvalue weighted by Gasteiger charge is 2.36. The number of hydrogen-bond donors (Lipinski definition) is 1. The number of anilines is 1. The van der Waals surface area contributed by atoms with E-state index in [9.17, 15) is 4.79 Å². The molecule has 0 aliphatic carbocycles. The third kappa shape index (κ3) is 3.36. The van der Waals surface area contributed by atoms with Crippen molar-refractivity contribution in [2.24, 2.45) is 0 Å². The van der Waals surface area contributed by atoms with Gasteiger partial charge >= 0.3 is 5.97 Å². The maximum absolute atomic E-state index is 12.7. The number of fused-ring (bicyclic) bond motifs is 1. The smallest absolute Gasteiger partial charge is 0.338 e. The number of aromatic nitrogens is 3. The van der Waals surface area contributed by atoms with Gasteiger partial charge in [0.25, 0.3) is 0 Å². The van der Waals surface area contributed by atoms with Crippen LogP contribution in [0.25, 0.3) is 0 Å². The summed E-state index contributed by atoms with van der Waals surface area (Å²) in [5, 5.41) is 10.5. The average Bonchev–Trinajstić information content (AvgIpc) is 3.17. The summed E-state index contributed by atoms with van der Waals surface area (Å²) in [6.45, 7) is 9.73. The van der Waals surface area contributed by atoms with E-state index in [0.29, 0.717) is 16.7 Å². The number of carbonyl (C=O) groups excluding carboxylic acids is 1. The normalized spacial score (nSPS) is 16.4. The molecule has 2 aromatic rings. The number of nitrogens with zero attached hydrogens (tertiary/aromatic N) is 3. The van der Waals surface area contributed by atoms with Crippen LogP contribution in [0, 0.1) is 6.92 Å². The largest absolute Gasteiger partial charge is 0.458 e. The number of aryl methyl sites for hydroxylation is 1. The van der Waals surface area contributed by atoms with Crippen molar-refractivity contribution in [3.8, 4) is 0 Å². The third-order valence-electron chi connectivity index (χ3n) is 3.81. The zero-order chi connectivity index (χ0) is 18.0. The van der Waals surface area contributed by atoms with Crippen LogP contribution in [0.5, 0.6) is 0 Å². The predicted molar refractivity (Wildman–Crippen MR) is 101 cm³/mol. The number of esters is 1. The predicted octanol–water partition coefficient (Wildman–Crippen LogP) is 3.78. The fraction of sp³-hybridized carbons (Fsp3) is 0.353. The summed E-state index contributed by atoms with van der Waals surface area (Å²) >= 11 is 3.17. The summed E-state index contributed by atoms with van der Waals surface area (Å²) in [6, 6.07) is 1.70. The van der Waals surface area contributed by atoms with Gasteiger partial charge in [-0.2, -0.15) is 4.98 Å². The van der Waals surface area contributed by atoms with E-state index in [2.05, 4.69) is 28.9 Å². The van der Waals surface area contributed by atoms with E-state index in [1.165, 1.54) is 0 Å². The van der Waals surface area contributed by atoms with E-state index in [1.807, 2.05) is 25.3 Å². The molecular weight excluding hydrogens is 356 g/mol. The summed E-state index contributed by atoms with van der Waals surface area (Å²) < 4.78 is 7.11. The van der Waals surface area contributed by atoms with Gasteiger partial charge in [0.1, 0.15) is 12.6 Å². The highest BCUT2D eigenvalue weighted by molar-refractivity contribution is 7.99. The van der Waals surface area contributed by atoms with E-state index in [-0.39, 0.29) is 18.6 Å². The molecule has 8 heteroatoms. The Kier molecular flexibility index (Phi) is 5.29. The number of allylic oxidation sites excluding steroid dienone is 1. The van der Waals surface area contributed by atoms with Crippen molar-refractivity contribution in [3.63, 3.8) is 0 Å². The number of carbonyl (C=O) groups is 1. The Morgan fingerprint density at radius 1 is 1.56 bits per heavy atom. The first-order valence-electron chi connectivity index (χ1n) is 7.96. The second-order valence-electron chi connectivity index (χ2n) is 5.52. The molecule has 0 fully saturated rings. The molecule has 2 aromatic heterocycles. The molecular formula is C17H20N4O2S2. The van der Waals surface area contributed by atoms with Gasteiger partial charge in [0, 0.05) is 10.6 Å². The second-order valence-corrected chi connectivity index (χ2v) is 7.70. The summed E-state index contributed by atoms with van der Waals surface area (Å²) in [5.41, 5.74) is 2.41. The molecule has 1 atom stereocenters. The second kappa shape index (κ2) is 7.45. The third-order valence-corrected chi connectivity index (χ3v) is 5.60. The summed E-state index contributed by atoms with van der Waals surface area (Å²) in [6.07, 6.45) is 1.56. The number of thioether (sulfide) groups is 1. The van der Waals surface area contributed by atoms with E-state index in [4.69, 9.17) is 4.74 Å². The van der Waals surface area contributed by atoms with Crippen molar-refractivity contribution in [2.45, 2.75) is 32.0 Å². The Labute approximate surface area is 155 Å². The number of hydrogen-bond acceptors (Lipinski definition) is 7. The van der Waals surface area contributed by atoms with Crippen LogP contribution in [0.3, 0.4) is 0 Å². The standard InChI is InChI=1S/C17H20N4O2S2/c1-5-8-23-15(22)12-11(4)18-16-19-17(24-6-2)20-21(16)13(12)14-10(3)7-9-25-14/h5,7,9,13H,1,6,8H2,2-4H3,(H,18,19,20). The maximum atomic E-state index is 12.7. The number of nitrogens with one attached hydrogen (secondary N) is 1. The fourth-order valence-corrected chi connectivity index (χ4v) is 4.28. The van der Waals surface area contributed by atoms with Crippen molar-refractivity contribution < 1.29 is 9.53 Å². The average molecular weight is 377 g/mol. The number of rotatable bonds is 6. The molecule has 0 bridgehead atoms. The molecule has 0 saturated heterocycles. The van der Waals surface area contributed by atoms with Crippen LogP contribution in [0.1, 0.15) is 30.3 Å². The van der Waals surface area contributed by atoms with E-state index in [1.54, 1.807) is 33.9 Å². The Bertz CT molecular complexity index is 838. The summed E-state index contributed by atoms with van der Waals surface area (Å²) in [7, 11) is 0. The summed E-state index contributed by atoms with van der Waals surface area (Å²) in [4.78, 5) is 18.3. The minimum atomic E-state index is -0.367. The molecule has 0 aromatic carbocycles. The monoisotopic (exact) mass is 376 g/mol. The van der Waals surface area contributed by atoms with Crippen molar-refractivity contribution in [1.82, 2.24) is 14.8 Å². The Balaban J connectivity index is 2.10. The fourth-order valence-electron chi connectivity index (χ4n) is 2.71. The lowest BCUT2D eigenvalue weighted by molar-refractivity contribution is -0.138. The van der Waals surface area contributed by atoms with Gasteiger partial charge in [0.15, 0.2) is 0 Å². The van der Waals surface area contributed by atoms with E-state index < -0.39 is 0 Å². The zero-order valence-electron chi connectivity index (χ0n) is 14.4. The first kappa shape index (κ1) is 17.8. The maximum Gasteiger partial charge on any atom is 0.338 e. The Morgan fingerprint density at radius 3 is 3.00 bits per heavy atom. The van der Waals surface area contributed by atoms with Gasteiger partial charge in [-0.1, -0.05) is 31.3 Å². The van der Waals surface area contributed by atoms with Gasteiger partial charge in [-0.25, -0.2) is 9.48 Å². The van der Waals surface area contributed by atoms with Crippen LogP contribution in [0.15, 0.2) is 40.5 Å². The Hall–Kier alpha value is -2.06. The molecule has 3 rings (SSSR count). The highest BCUT2D eigenvalue weighted by Crippen LogP contribution is 2.39. The molecule has 3 heterocycles. The van der Waals surface area contributed by atoms with Crippen molar-refractivity contribution >= 4 is 35.0 Å². The van der Waals surface area contributed by atoms with Crippen molar-refractivity contribution in [1.29, 1.82) is 0 Å². The van der Waals surface area contributed by atoms with E-state index >= 15 is 0 Å². The lowest BCUT2D eigenvalue weighted by atomic mass is 10.00. The first-order valence-corrected chi connectivity index (χ1v) is 9.82. The number of thiophene rings is 1. The van der Waals surface area contributed by atoms with Crippen LogP contribution in [-0.4, -0.2) is 33.1 Å². The molecule has 0 saturated carbocycles. The SMILES string of the molecule is C=CCOC(=O)C1=C(C)Nc2nc(SCC)nn2C1c1sccc1C. The highest BCUT2D eigenvalue weighted by atomic mass is 32.2. The van der Waals surface area contributed by atoms with Gasteiger partial charge < -0.3 is 10.1 Å². The van der Waals surface area contributed by atoms with Crippen molar-refractivity contribution in [2.75, 3.05) is 17.7 Å². The van der Waals surface area contributed by atoms with Crippen LogP contribution in [0.2, 0.25) is 0 Å². The molecule has 1 unspecified atom stereocenters. The van der Waals surface area contributed by atoms with Crippen LogP contribution in [-0.2, 0) is 9.53 Å². The Morgan fingerprint density at radius 2 is 2.36 bits per heavy atom. The molecule has 0 spiro atoms. The molecule has 0 amide bonds. The molecule has 1 N–H and O–H groups in total. The lowest BCUT2D eigenvalue weighted by Gasteiger charge is -2.27. The summed E-state index contributed by atoms with van der Waals surface area (Å²) in [5.74, 6) is 1.16. The zero-order valence-corrected chi connectivity index (χ0v) is 16.0. The van der Waals surface area contributed by atoms with Crippen LogP contribution >= 0.6 is 23.1 Å². The minimum Gasteiger partial charge on any atom is -0.458 e. The molecule has 1 aliphatic heterocycles. The minimum absolute atomic E-state index is 0.174. The molecule has 6 nitrogen and oxygen atoms in total. The lowest BCUT2D eigenvalue weighted by Crippen LogP contribution is -2.29. The molecule has 0 radical (unpaired) electrons. The van der Waals surface area contributed by atoms with Crippen LogP contribution in [0.4, 0.5) is 5.95 Å². The topological polar surface area (TPSA) is 69.0 Å².